The fourth-order valence-corrected chi connectivity index (χ4v) is 3.93. The van der Waals surface area contributed by atoms with Crippen LogP contribution < -0.4 is 5.32 Å². The number of piperazine rings is 1. The van der Waals surface area contributed by atoms with Crippen LogP contribution in [0.15, 0.2) is 29.3 Å². The number of nitrogens with one attached hydrogen (secondary N) is 1. The minimum Gasteiger partial charge on any atom is -0.386 e. The molecule has 8 nitrogen and oxygen atoms in total. The average Bonchev–Trinajstić information content (AvgIpc) is 2.78. The first kappa shape index (κ1) is 26.1. The topological polar surface area (TPSA) is 80.6 Å². The number of aliphatic hydroxyl groups is 1. The zero-order valence-electron chi connectivity index (χ0n) is 18.0. The summed E-state index contributed by atoms with van der Waals surface area (Å²) in [5, 5.41) is 14.3. The van der Waals surface area contributed by atoms with E-state index in [4.69, 9.17) is 16.3 Å². The predicted molar refractivity (Wildman–Crippen MR) is 133 cm³/mol. The van der Waals surface area contributed by atoms with Gasteiger partial charge < -0.3 is 25.0 Å². The van der Waals surface area contributed by atoms with E-state index < -0.39 is 6.10 Å². The molecule has 2 saturated heterocycles. The molecule has 3 rings (SSSR count). The summed E-state index contributed by atoms with van der Waals surface area (Å²) in [4.78, 5) is 23.3. The van der Waals surface area contributed by atoms with E-state index in [1.54, 1.807) is 6.07 Å². The minimum atomic E-state index is -0.750. The van der Waals surface area contributed by atoms with Gasteiger partial charge in [0.05, 0.1) is 26.3 Å². The van der Waals surface area contributed by atoms with Gasteiger partial charge in [0, 0.05) is 56.4 Å². The molecule has 0 spiro atoms. The van der Waals surface area contributed by atoms with Crippen LogP contribution >= 0.6 is 35.6 Å². The van der Waals surface area contributed by atoms with Crippen LogP contribution in [0, 0.1) is 0 Å². The van der Waals surface area contributed by atoms with Crippen molar-refractivity contribution in [1.82, 2.24) is 20.0 Å². The Labute approximate surface area is 206 Å². The second kappa shape index (κ2) is 13.4. The number of morpholine rings is 1. The molecule has 1 atom stereocenters. The van der Waals surface area contributed by atoms with E-state index in [0.717, 1.165) is 38.7 Å². The maximum absolute atomic E-state index is 12.5. The molecule has 0 aliphatic carbocycles. The molecule has 0 bridgehead atoms. The van der Waals surface area contributed by atoms with Gasteiger partial charge in [0.25, 0.3) is 0 Å². The van der Waals surface area contributed by atoms with Gasteiger partial charge >= 0.3 is 0 Å². The molecule has 0 radical (unpaired) electrons. The van der Waals surface area contributed by atoms with E-state index >= 15 is 0 Å². The molecule has 2 aliphatic heterocycles. The summed E-state index contributed by atoms with van der Waals surface area (Å²) < 4.78 is 5.32. The van der Waals surface area contributed by atoms with Crippen LogP contribution in [0.5, 0.6) is 0 Å². The Bertz CT molecular complexity index is 725. The molecule has 10 heteroatoms. The monoisotopic (exact) mass is 565 g/mol. The maximum atomic E-state index is 12.5. The molecule has 174 valence electrons. The van der Waals surface area contributed by atoms with Crippen LogP contribution in [0.25, 0.3) is 0 Å². The van der Waals surface area contributed by atoms with Crippen molar-refractivity contribution in [3.05, 3.63) is 34.9 Å². The third-order valence-electron chi connectivity index (χ3n) is 5.41. The van der Waals surface area contributed by atoms with E-state index in [9.17, 15) is 9.90 Å². The highest BCUT2D eigenvalue weighted by molar-refractivity contribution is 14.0. The fraction of sp³-hybridized carbons (Fsp3) is 0.619. The molecule has 0 saturated carbocycles. The van der Waals surface area contributed by atoms with E-state index in [0.29, 0.717) is 43.4 Å². The molecule has 1 unspecified atom stereocenters. The van der Waals surface area contributed by atoms with Gasteiger partial charge in [-0.1, -0.05) is 29.8 Å². The van der Waals surface area contributed by atoms with Crippen molar-refractivity contribution in [3.8, 4) is 0 Å². The lowest BCUT2D eigenvalue weighted by atomic mass is 10.1. The molecule has 1 aromatic rings. The van der Waals surface area contributed by atoms with Crippen molar-refractivity contribution in [2.24, 2.45) is 4.99 Å². The molecule has 2 N–H and O–H groups in total. The number of rotatable bonds is 6. The molecule has 2 aliphatic rings. The number of nitrogens with zero attached hydrogens (tertiary/aromatic N) is 4. The summed E-state index contributed by atoms with van der Waals surface area (Å²) in [7, 11) is 0. The Balaban J connectivity index is 0.00000341. The van der Waals surface area contributed by atoms with Crippen LogP contribution in [-0.4, -0.2) is 104 Å². The zero-order valence-corrected chi connectivity index (χ0v) is 21.1. The summed E-state index contributed by atoms with van der Waals surface area (Å²) in [5.41, 5.74) is 0.685. The van der Waals surface area contributed by atoms with Crippen molar-refractivity contribution >= 4 is 47.4 Å². The number of carbonyl (C=O) groups is 1. The van der Waals surface area contributed by atoms with Crippen LogP contribution in [0.1, 0.15) is 18.6 Å². The number of halogens is 2. The first-order chi connectivity index (χ1) is 14.6. The summed E-state index contributed by atoms with van der Waals surface area (Å²) in [6.45, 7) is 9.25. The number of aliphatic hydroxyl groups excluding tert-OH is 1. The quantitative estimate of drug-likeness (QED) is 0.309. The summed E-state index contributed by atoms with van der Waals surface area (Å²) in [5.74, 6) is 0.956. The normalized spacial score (nSPS) is 19.0. The molecule has 1 aromatic carbocycles. The van der Waals surface area contributed by atoms with Gasteiger partial charge in [-0.05, 0) is 13.0 Å². The van der Waals surface area contributed by atoms with Crippen LogP contribution in [0.2, 0.25) is 5.02 Å². The predicted octanol–water partition coefficient (Wildman–Crippen LogP) is 1.43. The van der Waals surface area contributed by atoms with Crippen molar-refractivity contribution < 1.29 is 14.6 Å². The highest BCUT2D eigenvalue weighted by Gasteiger charge is 2.24. The Morgan fingerprint density at radius 1 is 1.16 bits per heavy atom. The molecule has 0 aromatic heterocycles. The first-order valence-corrected chi connectivity index (χ1v) is 11.0. The Hall–Kier alpha value is -1.14. The highest BCUT2D eigenvalue weighted by Crippen LogP contribution is 2.22. The second-order valence-electron chi connectivity index (χ2n) is 7.49. The van der Waals surface area contributed by atoms with Gasteiger partial charge in [0.1, 0.15) is 6.10 Å². The summed E-state index contributed by atoms with van der Waals surface area (Å²) >= 11 is 6.18. The van der Waals surface area contributed by atoms with Crippen molar-refractivity contribution in [2.75, 3.05) is 72.1 Å². The Kier molecular flexibility index (Phi) is 11.3. The summed E-state index contributed by atoms with van der Waals surface area (Å²) in [6, 6.07) is 7.29. The second-order valence-corrected chi connectivity index (χ2v) is 7.90. The number of aliphatic imine (C=N–C) groups is 1. The number of hydrogen-bond donors (Lipinski definition) is 2. The number of benzene rings is 1. The highest BCUT2D eigenvalue weighted by atomic mass is 127. The molecule has 2 heterocycles. The number of ether oxygens (including phenoxy) is 1. The van der Waals surface area contributed by atoms with Gasteiger partial charge in [-0.2, -0.15) is 0 Å². The lowest BCUT2D eigenvalue weighted by Crippen LogP contribution is -2.55. The average molecular weight is 566 g/mol. The molecule has 31 heavy (non-hydrogen) atoms. The summed E-state index contributed by atoms with van der Waals surface area (Å²) in [6.07, 6.45) is -0.750. The third kappa shape index (κ3) is 7.74. The Morgan fingerprint density at radius 3 is 2.48 bits per heavy atom. The SMILES string of the molecule is CCNC(=NCC(O)c1ccccc1Cl)N1CCN(CC(=O)N2CCOCC2)CC1.I. The molecular weight excluding hydrogens is 533 g/mol. The number of guanidine groups is 1. The van der Waals surface area contributed by atoms with E-state index in [1.165, 1.54) is 0 Å². The van der Waals surface area contributed by atoms with Crippen LogP contribution in [0.4, 0.5) is 0 Å². The molecule has 2 fully saturated rings. The van der Waals surface area contributed by atoms with Gasteiger partial charge in [-0.3, -0.25) is 14.7 Å². The molecular formula is C21H33ClIN5O3. The van der Waals surface area contributed by atoms with Gasteiger partial charge in [0.15, 0.2) is 5.96 Å². The van der Waals surface area contributed by atoms with Gasteiger partial charge in [-0.25, -0.2) is 0 Å². The maximum Gasteiger partial charge on any atom is 0.236 e. The van der Waals surface area contributed by atoms with E-state index in [2.05, 4.69) is 20.1 Å². The van der Waals surface area contributed by atoms with E-state index in [1.807, 2.05) is 30.0 Å². The fourth-order valence-electron chi connectivity index (χ4n) is 3.66. The van der Waals surface area contributed by atoms with Gasteiger partial charge in [0.2, 0.25) is 5.91 Å². The zero-order chi connectivity index (χ0) is 21.3. The largest absolute Gasteiger partial charge is 0.386 e. The van der Waals surface area contributed by atoms with Crippen LogP contribution in [0.3, 0.4) is 0 Å². The van der Waals surface area contributed by atoms with Crippen molar-refractivity contribution in [2.45, 2.75) is 13.0 Å². The number of hydrogen-bond acceptors (Lipinski definition) is 5. The lowest BCUT2D eigenvalue weighted by molar-refractivity contribution is -0.136. The first-order valence-electron chi connectivity index (χ1n) is 10.6. The van der Waals surface area contributed by atoms with Gasteiger partial charge in [-0.15, -0.1) is 24.0 Å². The van der Waals surface area contributed by atoms with Crippen LogP contribution in [-0.2, 0) is 9.53 Å². The Morgan fingerprint density at radius 2 is 1.84 bits per heavy atom. The third-order valence-corrected chi connectivity index (χ3v) is 5.75. The smallest absolute Gasteiger partial charge is 0.236 e. The number of amides is 1. The van der Waals surface area contributed by atoms with Crippen molar-refractivity contribution in [1.29, 1.82) is 0 Å². The lowest BCUT2D eigenvalue weighted by Gasteiger charge is -2.37. The van der Waals surface area contributed by atoms with E-state index in [-0.39, 0.29) is 36.4 Å². The standard InChI is InChI=1S/C21H32ClN5O3.HI/c1-2-23-21(24-15-19(28)17-5-3-4-6-18(17)22)27-9-7-25(8-10-27)16-20(29)26-11-13-30-14-12-26;/h3-6,19,28H,2,7-16H2,1H3,(H,23,24);1H. The number of carbonyl (C=O) groups excluding carboxylic acids is 1. The van der Waals surface area contributed by atoms with Crippen molar-refractivity contribution in [3.63, 3.8) is 0 Å². The molecule has 1 amide bonds. The minimum absolute atomic E-state index is 0.